The highest BCUT2D eigenvalue weighted by Crippen LogP contribution is 2.17. The lowest BCUT2D eigenvalue weighted by Crippen LogP contribution is -2.57. The molecule has 0 spiro atoms. The third-order valence-electron chi connectivity index (χ3n) is 3.67. The molecule has 94 valence electrons. The summed E-state index contributed by atoms with van der Waals surface area (Å²) < 4.78 is 2.82. The first-order valence-electron chi connectivity index (χ1n) is 6.49. The molecule has 0 aromatic heterocycles. The molecule has 0 aromatic rings. The van der Waals surface area contributed by atoms with E-state index in [9.17, 15) is 0 Å². The maximum atomic E-state index is 2.82. The van der Waals surface area contributed by atoms with Crippen LogP contribution in [-0.2, 0) is 0 Å². The molecule has 16 heavy (non-hydrogen) atoms. The normalized spacial score (nSPS) is 20.6. The molecule has 0 aliphatic carbocycles. The van der Waals surface area contributed by atoms with E-state index >= 15 is 0 Å². The molecule has 0 bridgehead atoms. The van der Waals surface area contributed by atoms with Gasteiger partial charge in [0, 0.05) is 35.7 Å². The van der Waals surface area contributed by atoms with Crippen molar-refractivity contribution in [2.45, 2.75) is 32.6 Å². The van der Waals surface area contributed by atoms with Crippen molar-refractivity contribution in [2.75, 3.05) is 33.2 Å². The van der Waals surface area contributed by atoms with Crippen molar-refractivity contribution >= 4 is 17.8 Å². The fraction of sp³-hybridized carbons (Fsp3) is 0.833. The molecule has 1 aliphatic rings. The molecule has 0 unspecified atom stereocenters. The van der Waals surface area contributed by atoms with Crippen LogP contribution in [0.4, 0.5) is 0 Å². The summed E-state index contributed by atoms with van der Waals surface area (Å²) in [6.45, 7) is 14.7. The van der Waals surface area contributed by atoms with E-state index in [4.69, 9.17) is 0 Å². The maximum Gasteiger partial charge on any atom is 0.119 e. The molecule has 1 saturated heterocycles. The Bertz CT molecular complexity index is 239. The molecule has 1 rings (SSSR count). The third kappa shape index (κ3) is 4.53. The quantitative estimate of drug-likeness (QED) is 0.703. The van der Waals surface area contributed by atoms with Gasteiger partial charge in [-0.1, -0.05) is 24.3 Å². The molecule has 2 nitrogen and oxygen atoms in total. The number of likely N-dealkylation sites (N-methyl/N-ethyl adjacent to an activating group) is 1. The summed E-state index contributed by atoms with van der Waals surface area (Å²) in [6.07, 6.45) is 0. The molecular formula is C12H28N2Si2. The third-order valence-corrected chi connectivity index (χ3v) is 13.0. The first-order valence-corrected chi connectivity index (χ1v) is 11.5. The highest BCUT2D eigenvalue weighted by Gasteiger charge is 2.30. The molecule has 0 saturated carbocycles. The average molecular weight is 257 g/mol. The Balaban J connectivity index is 2.40. The summed E-state index contributed by atoms with van der Waals surface area (Å²) >= 11 is 0. The number of allylic oxidation sites excluding steroid dienone is 1. The SMILES string of the molecule is CC(C)=C[SiH2]C[Si](C)(C)N1CCN(C)CC1. The summed E-state index contributed by atoms with van der Waals surface area (Å²) in [5.41, 5.74) is 5.60. The van der Waals surface area contributed by atoms with Crippen molar-refractivity contribution in [2.24, 2.45) is 0 Å². The second-order valence-electron chi connectivity index (χ2n) is 5.92. The molecule has 1 heterocycles. The molecule has 4 heteroatoms. The zero-order valence-corrected chi connectivity index (χ0v) is 14.1. The minimum Gasteiger partial charge on any atom is -0.321 e. The van der Waals surface area contributed by atoms with Crippen LogP contribution in [0.25, 0.3) is 0 Å². The lowest BCUT2D eigenvalue weighted by atomic mass is 10.4. The molecule has 0 N–H and O–H groups in total. The number of nitrogens with zero attached hydrogens (tertiary/aromatic N) is 2. The van der Waals surface area contributed by atoms with E-state index in [1.54, 1.807) is 5.67 Å². The van der Waals surface area contributed by atoms with E-state index < -0.39 is 8.24 Å². The van der Waals surface area contributed by atoms with E-state index in [2.05, 4.69) is 49.2 Å². The van der Waals surface area contributed by atoms with Crippen molar-refractivity contribution in [3.05, 3.63) is 11.3 Å². The highest BCUT2D eigenvalue weighted by atomic mass is 28.4. The molecule has 1 fully saturated rings. The number of hydrogen-bond acceptors (Lipinski definition) is 2. The number of rotatable bonds is 4. The van der Waals surface area contributed by atoms with Crippen LogP contribution in [0.3, 0.4) is 0 Å². The van der Waals surface area contributed by atoms with Crippen LogP contribution in [0.2, 0.25) is 18.8 Å². The van der Waals surface area contributed by atoms with Gasteiger partial charge in [0.25, 0.3) is 0 Å². The molecule has 0 atom stereocenters. The van der Waals surface area contributed by atoms with Crippen molar-refractivity contribution in [1.82, 2.24) is 9.47 Å². The summed E-state index contributed by atoms with van der Waals surface area (Å²) in [5.74, 6) is 0. The van der Waals surface area contributed by atoms with E-state index in [1.165, 1.54) is 31.8 Å². The van der Waals surface area contributed by atoms with Crippen molar-refractivity contribution in [3.8, 4) is 0 Å². The Morgan fingerprint density at radius 2 is 1.75 bits per heavy atom. The minimum absolute atomic E-state index is 0.0460. The first-order chi connectivity index (χ1) is 7.42. The Hall–Kier alpha value is 0.0938. The van der Waals surface area contributed by atoms with Crippen molar-refractivity contribution in [3.63, 3.8) is 0 Å². The van der Waals surface area contributed by atoms with Gasteiger partial charge in [0.05, 0.1) is 0 Å². The predicted molar refractivity (Wildman–Crippen MR) is 79.3 cm³/mol. The van der Waals surface area contributed by atoms with Gasteiger partial charge in [0.2, 0.25) is 0 Å². The number of hydrogen-bond donors (Lipinski definition) is 0. The Kier molecular flexibility index (Phi) is 5.43. The van der Waals surface area contributed by atoms with Gasteiger partial charge in [-0.2, -0.15) is 0 Å². The van der Waals surface area contributed by atoms with E-state index in [0.717, 1.165) is 0 Å². The monoisotopic (exact) mass is 256 g/mol. The zero-order valence-electron chi connectivity index (χ0n) is 11.7. The van der Waals surface area contributed by atoms with Crippen molar-refractivity contribution in [1.29, 1.82) is 0 Å². The topological polar surface area (TPSA) is 6.48 Å². The molecule has 0 amide bonds. The lowest BCUT2D eigenvalue weighted by molar-refractivity contribution is 0.217. The van der Waals surface area contributed by atoms with Crippen molar-refractivity contribution < 1.29 is 0 Å². The Morgan fingerprint density at radius 3 is 2.25 bits per heavy atom. The van der Waals surface area contributed by atoms with Crippen LogP contribution in [0.1, 0.15) is 13.8 Å². The van der Waals surface area contributed by atoms with Crippen LogP contribution in [-0.4, -0.2) is 60.4 Å². The van der Waals surface area contributed by atoms with Crippen LogP contribution in [0.5, 0.6) is 0 Å². The van der Waals surface area contributed by atoms with Gasteiger partial charge in [0.15, 0.2) is 0 Å². The fourth-order valence-corrected chi connectivity index (χ4v) is 8.94. The predicted octanol–water partition coefficient (Wildman–Crippen LogP) is 1.49. The fourth-order valence-electron chi connectivity index (χ4n) is 2.28. The van der Waals surface area contributed by atoms with Gasteiger partial charge in [-0.05, 0) is 20.9 Å². The summed E-state index contributed by atoms with van der Waals surface area (Å²) in [6, 6.07) is 0. The Morgan fingerprint density at radius 1 is 1.19 bits per heavy atom. The van der Waals surface area contributed by atoms with Gasteiger partial charge in [-0.15, -0.1) is 5.70 Å². The smallest absolute Gasteiger partial charge is 0.119 e. The highest BCUT2D eigenvalue weighted by molar-refractivity contribution is 6.82. The molecular weight excluding hydrogens is 228 g/mol. The van der Waals surface area contributed by atoms with E-state index in [1.807, 2.05) is 0 Å². The van der Waals surface area contributed by atoms with Gasteiger partial charge >= 0.3 is 0 Å². The Labute approximate surface area is 105 Å². The second-order valence-corrected chi connectivity index (χ2v) is 13.2. The molecule has 1 aliphatic heterocycles. The van der Waals surface area contributed by atoms with Gasteiger partial charge in [0.1, 0.15) is 8.24 Å². The first kappa shape index (κ1) is 14.2. The zero-order chi connectivity index (χ0) is 12.2. The summed E-state index contributed by atoms with van der Waals surface area (Å²) in [5, 5.41) is 0. The largest absolute Gasteiger partial charge is 0.321 e. The molecule has 0 radical (unpaired) electrons. The summed E-state index contributed by atoms with van der Waals surface area (Å²) in [4.78, 5) is 2.45. The van der Waals surface area contributed by atoms with Gasteiger partial charge in [-0.3, -0.25) is 0 Å². The van der Waals surface area contributed by atoms with Gasteiger partial charge in [-0.25, -0.2) is 0 Å². The minimum atomic E-state index is -1.08. The van der Waals surface area contributed by atoms with Gasteiger partial charge < -0.3 is 9.47 Å². The maximum absolute atomic E-state index is 2.82. The van der Waals surface area contributed by atoms with E-state index in [0.29, 0.717) is 0 Å². The average Bonchev–Trinajstić information content (AvgIpc) is 2.17. The van der Waals surface area contributed by atoms with Crippen LogP contribution < -0.4 is 0 Å². The van der Waals surface area contributed by atoms with Crippen LogP contribution in [0.15, 0.2) is 11.3 Å². The summed E-state index contributed by atoms with van der Waals surface area (Å²) in [7, 11) is 1.21. The second kappa shape index (κ2) is 6.14. The van der Waals surface area contributed by atoms with E-state index in [-0.39, 0.29) is 9.52 Å². The number of piperazine rings is 1. The van der Waals surface area contributed by atoms with Crippen LogP contribution in [0, 0.1) is 0 Å². The standard InChI is InChI=1S/C12H28N2Si2/c1-12(2)10-15-11-16(4,5)14-8-6-13(3)7-9-14/h10H,6-9,11,15H2,1-5H3. The molecule has 0 aromatic carbocycles. The lowest BCUT2D eigenvalue weighted by Gasteiger charge is -2.42. The van der Waals surface area contributed by atoms with Crippen LogP contribution >= 0.6 is 0 Å².